The lowest BCUT2D eigenvalue weighted by atomic mass is 10.1. The molecule has 15 N–H and O–H groups in total. The largest absolute Gasteiger partial charge is 0.766 e. The second-order valence-electron chi connectivity index (χ2n) is 26.1. The van der Waals surface area contributed by atoms with Crippen LogP contribution in [0.3, 0.4) is 0 Å². The van der Waals surface area contributed by atoms with Crippen LogP contribution in [0.1, 0.15) is 99.6 Å². The molecule has 0 bridgehead atoms. The van der Waals surface area contributed by atoms with Gasteiger partial charge in [-0.1, -0.05) is 0 Å². The summed E-state index contributed by atoms with van der Waals surface area (Å²) >= 11 is 0. The smallest absolute Gasteiger partial charge is 0.478 e. The Balaban J connectivity index is 0.000000194. The van der Waals surface area contributed by atoms with Crippen molar-refractivity contribution in [3.8, 4) is 0 Å². The Morgan fingerprint density at radius 2 is 1.03 bits per heavy atom. The van der Waals surface area contributed by atoms with Gasteiger partial charge in [-0.05, 0) is 53.7 Å². The number of phosphoric ester groups is 3. The summed E-state index contributed by atoms with van der Waals surface area (Å²) in [6.45, 7) is 8.98. The number of nitrogens with zero attached hydrogens (tertiary/aromatic N) is 13. The van der Waals surface area contributed by atoms with Crippen LogP contribution in [-0.4, -0.2) is 238 Å². The molecule has 48 heteroatoms. The van der Waals surface area contributed by atoms with E-state index in [1.807, 2.05) is 0 Å². The fraction of sp³-hybridized carbons (Fsp3) is 0.571. The fourth-order valence-corrected chi connectivity index (χ4v) is 15.0. The number of aliphatic hydroxyl groups excluding tert-OH is 4. The molecular formula is C56H81N17O27P4. The Kier molecular flexibility index (Phi) is 25.5. The highest BCUT2D eigenvalue weighted by molar-refractivity contribution is 7.60. The molecule has 3 unspecified atom stereocenters. The van der Waals surface area contributed by atoms with E-state index in [4.69, 9.17) is 70.0 Å². The normalized spacial score (nSPS) is 26.4. The van der Waals surface area contributed by atoms with Crippen LogP contribution >= 0.6 is 31.2 Å². The molecule has 15 atom stereocenters. The number of imidazole rings is 2. The first-order valence-corrected chi connectivity index (χ1v) is 37.7. The number of phosphoric acid groups is 3. The topological polar surface area (TPSA) is 625 Å². The minimum atomic E-state index is -5.58. The molecule has 104 heavy (non-hydrogen) atoms. The predicted molar refractivity (Wildman–Crippen MR) is 347 cm³/mol. The minimum absolute atomic E-state index is 0.0349. The molecule has 0 radical (unpaired) electrons. The quantitative estimate of drug-likeness (QED) is 0.0271. The average molecular weight is 1550 g/mol. The monoisotopic (exact) mass is 1550 g/mol. The van der Waals surface area contributed by atoms with E-state index >= 15 is 0 Å². The van der Waals surface area contributed by atoms with Gasteiger partial charge in [0.1, 0.15) is 82.6 Å². The SMILES string of the molecule is CC(C)(C)OC(=O)N1C[C@@H]([n+]2cccc(C(N)=O)c2)C[C@H]1COP(=O)(O)O.CC(C)(C)OC(=O)N1C[C@@H]([n+]2cccc(C(N)=O)c2)C[C@H]1COP(=O)([O-])OP(=O)(O)OC[C@H]1O[C@@H](n2cnc3c(N)ncnc32)[C@H](O)[C@@H]1O.Nc1ncnc2c1ncn2[C@@H]1O[C@H](COP(=O)([O-])N2CCOCC2)[C@@H](O)[C@H]1O. The van der Waals surface area contributed by atoms with Crippen molar-refractivity contribution < 1.29 is 138 Å². The van der Waals surface area contributed by atoms with E-state index < -0.39 is 153 Å². The second kappa shape index (κ2) is 32.8. The standard InChI is InChI=1S/C26H36N8O13P2.C16H24N3O7P.C14H21N6O7P/c1-26(2,3)46-25(38)33-9-15(32-6-4-5-14(8-32)22(28)37)7-16(33)10-43-48(39,40)47-49(41,42)44-11-17-19(35)20(36)24(45-17)34-13-31-18-21(27)29-12-30-23(18)34;1-16(2,3)26-15(21)19-9-12(7-13(19)10-25-27(22,23)24)18-6-4-5-11(8-18)14(17)20;15-12-9-13(17-6-16-12)20(7-18-9)14-11(22)10(21)8(27-14)5-26-28(23,24)19-1-3-25-4-2-19/h4-6,8,12-13,15-17,19-20,24,35-36H,7,9-11H2,1-3H3,(H5-,27,28,29,30,37,39,40,41,42);4-6,8,12-13H,7,9-10H2,1-3H3,(H3-,17,20,22,23,24);6-8,10-11,14,21-22H,1-5H2,(H,23,24)(H2,15,16,17)/t15-,16-,17+,19+,20+,24+;12-,13-;8-,10-,11-,14-/m001/s1. The number of primary amides is 2. The number of aromatic nitrogens is 10. The number of hydrogen-bond donors (Lipinski definition) is 11. The van der Waals surface area contributed by atoms with Gasteiger partial charge in [0, 0.05) is 38.1 Å². The van der Waals surface area contributed by atoms with E-state index in [0.717, 1.165) is 6.33 Å². The third-order valence-corrected chi connectivity index (χ3v) is 20.9. The number of carbonyl (C=O) groups excluding carboxylic acids is 4. The molecule has 0 spiro atoms. The maximum Gasteiger partial charge on any atom is 0.478 e. The first-order chi connectivity index (χ1) is 48.6. The van der Waals surface area contributed by atoms with Gasteiger partial charge in [-0.25, -0.2) is 57.6 Å². The molecule has 0 aliphatic carbocycles. The molecule has 11 heterocycles. The molecule has 5 aliphatic rings. The van der Waals surface area contributed by atoms with Crippen molar-refractivity contribution in [1.82, 2.24) is 53.5 Å². The molecule has 0 saturated carbocycles. The van der Waals surface area contributed by atoms with Gasteiger partial charge in [-0.15, -0.1) is 0 Å². The highest BCUT2D eigenvalue weighted by Crippen LogP contribution is 2.59. The number of fused-ring (bicyclic) bond motifs is 2. The Hall–Kier alpha value is -7.32. The lowest BCUT2D eigenvalue weighted by Gasteiger charge is -2.37. The number of morpholine rings is 1. The van der Waals surface area contributed by atoms with Crippen LogP contribution in [0.5, 0.6) is 0 Å². The molecule has 44 nitrogen and oxygen atoms in total. The summed E-state index contributed by atoms with van der Waals surface area (Å²) in [5.74, 6) is -1.03. The number of aliphatic hydroxyl groups is 4. The minimum Gasteiger partial charge on any atom is -0.766 e. The third kappa shape index (κ3) is 20.6. The number of anilines is 2. The summed E-state index contributed by atoms with van der Waals surface area (Å²) in [7, 11) is -20.0. The molecule has 6 aromatic heterocycles. The van der Waals surface area contributed by atoms with Crippen LogP contribution in [0.15, 0.2) is 74.4 Å². The highest BCUT2D eigenvalue weighted by atomic mass is 31.3. The Labute approximate surface area is 591 Å². The van der Waals surface area contributed by atoms with Crippen molar-refractivity contribution in [2.75, 3.05) is 77.3 Å². The number of amides is 4. The Bertz CT molecular complexity index is 4250. The van der Waals surface area contributed by atoms with Crippen molar-refractivity contribution >= 4 is 89.2 Å². The van der Waals surface area contributed by atoms with Gasteiger partial charge < -0.3 is 101 Å². The molecule has 5 saturated heterocycles. The Morgan fingerprint density at radius 1 is 0.606 bits per heavy atom. The second-order valence-corrected chi connectivity index (χ2v) is 32.1. The highest BCUT2D eigenvalue weighted by Gasteiger charge is 2.49. The Morgan fingerprint density at radius 3 is 1.44 bits per heavy atom. The van der Waals surface area contributed by atoms with Crippen LogP contribution in [0.4, 0.5) is 21.2 Å². The van der Waals surface area contributed by atoms with E-state index in [1.54, 1.807) is 87.5 Å². The van der Waals surface area contributed by atoms with Gasteiger partial charge in [0.15, 0.2) is 72.3 Å². The molecule has 0 aromatic carbocycles. The van der Waals surface area contributed by atoms with Gasteiger partial charge in [0.2, 0.25) is 7.75 Å². The number of ether oxygens (including phenoxy) is 5. The summed E-state index contributed by atoms with van der Waals surface area (Å²) < 4.78 is 107. The summed E-state index contributed by atoms with van der Waals surface area (Å²) in [4.78, 5) is 128. The van der Waals surface area contributed by atoms with Crippen LogP contribution in [0, 0.1) is 0 Å². The first-order valence-electron chi connectivity index (χ1n) is 31.7. The summed E-state index contributed by atoms with van der Waals surface area (Å²) in [5.41, 5.74) is 22.1. The molecule has 5 fully saturated rings. The summed E-state index contributed by atoms with van der Waals surface area (Å²) in [5, 5.41) is 41.8. The van der Waals surface area contributed by atoms with Gasteiger partial charge in [-0.3, -0.25) is 46.7 Å². The number of carbonyl (C=O) groups is 4. The molecular weight excluding hydrogens is 1470 g/mol. The van der Waals surface area contributed by atoms with Crippen molar-refractivity contribution in [2.45, 2.75) is 139 Å². The lowest BCUT2D eigenvalue weighted by Crippen LogP contribution is -2.44. The van der Waals surface area contributed by atoms with Gasteiger partial charge in [0.25, 0.3) is 19.6 Å². The zero-order valence-electron chi connectivity index (χ0n) is 56.5. The predicted octanol–water partition coefficient (Wildman–Crippen LogP) is -2.14. The van der Waals surface area contributed by atoms with E-state index in [9.17, 15) is 72.5 Å². The number of nitrogen functional groups attached to an aromatic ring is 2. The third-order valence-electron chi connectivity index (χ3n) is 16.3. The number of nitrogens with two attached hydrogens (primary N) is 4. The van der Waals surface area contributed by atoms with Crippen molar-refractivity contribution in [2.24, 2.45) is 11.5 Å². The molecule has 4 amide bonds. The van der Waals surface area contributed by atoms with Gasteiger partial charge in [0.05, 0.1) is 77.5 Å². The maximum atomic E-state index is 13.0. The zero-order valence-corrected chi connectivity index (χ0v) is 60.1. The summed E-state index contributed by atoms with van der Waals surface area (Å²) in [6, 6.07) is 4.13. The number of hydrogen-bond acceptors (Lipinski definition) is 32. The lowest BCUT2D eigenvalue weighted by molar-refractivity contribution is -0.719. The van der Waals surface area contributed by atoms with E-state index in [-0.39, 0.29) is 86.8 Å². The average Bonchev–Trinajstić information content (AvgIpc) is 1.63. The number of likely N-dealkylation sites (tertiary alicyclic amines) is 2. The molecule has 6 aromatic rings. The van der Waals surface area contributed by atoms with Gasteiger partial charge >= 0.3 is 27.8 Å². The van der Waals surface area contributed by atoms with Crippen LogP contribution in [0.25, 0.3) is 22.3 Å². The van der Waals surface area contributed by atoms with Crippen LogP contribution < -0.4 is 41.9 Å². The van der Waals surface area contributed by atoms with Crippen LogP contribution in [0.2, 0.25) is 0 Å². The fourth-order valence-electron chi connectivity index (χ4n) is 11.4. The molecule has 5 aliphatic heterocycles. The molecule has 572 valence electrons. The van der Waals surface area contributed by atoms with E-state index in [1.165, 1.54) is 54.8 Å². The van der Waals surface area contributed by atoms with E-state index in [2.05, 4.69) is 38.7 Å². The van der Waals surface area contributed by atoms with E-state index in [0.29, 0.717) is 23.1 Å². The maximum absolute atomic E-state index is 13.0. The number of pyridine rings is 2. The van der Waals surface area contributed by atoms with Crippen molar-refractivity contribution in [3.63, 3.8) is 0 Å². The molecule has 11 rings (SSSR count). The van der Waals surface area contributed by atoms with Crippen molar-refractivity contribution in [1.29, 1.82) is 0 Å². The van der Waals surface area contributed by atoms with Gasteiger partial charge in [-0.2, -0.15) is 9.13 Å². The van der Waals surface area contributed by atoms with Crippen LogP contribution in [-0.2, 0) is 64.4 Å². The van der Waals surface area contributed by atoms with Crippen molar-refractivity contribution in [3.05, 3.63) is 85.5 Å². The zero-order chi connectivity index (χ0) is 76.2. The summed E-state index contributed by atoms with van der Waals surface area (Å²) in [6.07, 6.45) is -0.261. The first kappa shape index (κ1) is 80.8. The number of rotatable bonds is 21.